The van der Waals surface area contributed by atoms with Gasteiger partial charge in [0.1, 0.15) is 0 Å². The first-order valence-corrected chi connectivity index (χ1v) is 7.85. The fourth-order valence-electron chi connectivity index (χ4n) is 2.73. The molecule has 0 bridgehead atoms. The van der Waals surface area contributed by atoms with Gasteiger partial charge in [0, 0.05) is 5.69 Å². The highest BCUT2D eigenvalue weighted by atomic mass is 16.5. The molecule has 128 valence electrons. The number of rotatable bonds is 5. The second-order valence-corrected chi connectivity index (χ2v) is 5.97. The van der Waals surface area contributed by atoms with Crippen LogP contribution in [0.25, 0.3) is 0 Å². The molecular formula is C18H21NO5. The minimum absolute atomic E-state index is 0.292. The summed E-state index contributed by atoms with van der Waals surface area (Å²) in [6, 6.07) is 6.32. The minimum atomic E-state index is -1.12. The summed E-state index contributed by atoms with van der Waals surface area (Å²) in [7, 11) is 0. The van der Waals surface area contributed by atoms with Crippen LogP contribution in [0, 0.1) is 11.3 Å². The third-order valence-electron chi connectivity index (χ3n) is 4.32. The van der Waals surface area contributed by atoms with Gasteiger partial charge in [-0.1, -0.05) is 12.2 Å². The van der Waals surface area contributed by atoms with Crippen molar-refractivity contribution in [2.75, 3.05) is 11.9 Å². The van der Waals surface area contributed by atoms with E-state index in [1.54, 1.807) is 44.2 Å². The summed E-state index contributed by atoms with van der Waals surface area (Å²) in [5, 5.41) is 12.2. The standard InChI is InChI=1S/C18H21NO5/c1-3-24-16(21)12-7-9-13(10-8-12)19-15(20)14-6-4-5-11-18(14,2)17(22)23/h4-5,7-10,14H,3,6,11H2,1-2H3,(H,19,20)(H,22,23)/t14-,18+/m0/s1. The monoisotopic (exact) mass is 331 g/mol. The van der Waals surface area contributed by atoms with Gasteiger partial charge in [-0.3, -0.25) is 9.59 Å². The van der Waals surface area contributed by atoms with Crippen molar-refractivity contribution >= 4 is 23.5 Å². The van der Waals surface area contributed by atoms with Gasteiger partial charge in [0.2, 0.25) is 5.91 Å². The van der Waals surface area contributed by atoms with Gasteiger partial charge < -0.3 is 15.2 Å². The number of hydrogen-bond donors (Lipinski definition) is 2. The molecule has 6 heteroatoms. The first-order chi connectivity index (χ1) is 11.4. The van der Waals surface area contributed by atoms with Gasteiger partial charge in [-0.15, -0.1) is 0 Å². The molecule has 24 heavy (non-hydrogen) atoms. The van der Waals surface area contributed by atoms with Gasteiger partial charge in [-0.2, -0.15) is 0 Å². The molecule has 0 aliphatic heterocycles. The average molecular weight is 331 g/mol. The van der Waals surface area contributed by atoms with Crippen molar-refractivity contribution in [1.82, 2.24) is 0 Å². The van der Waals surface area contributed by atoms with Crippen molar-refractivity contribution in [3.05, 3.63) is 42.0 Å². The van der Waals surface area contributed by atoms with Gasteiger partial charge in [-0.25, -0.2) is 4.79 Å². The second-order valence-electron chi connectivity index (χ2n) is 5.97. The zero-order valence-electron chi connectivity index (χ0n) is 13.7. The van der Waals surface area contributed by atoms with E-state index in [9.17, 15) is 19.5 Å². The predicted octanol–water partition coefficient (Wildman–Crippen LogP) is 2.86. The largest absolute Gasteiger partial charge is 0.481 e. The SMILES string of the molecule is CCOC(=O)c1ccc(NC(=O)[C@@H]2CC=CC[C@@]2(C)C(=O)O)cc1. The van der Waals surface area contributed by atoms with Gasteiger partial charge in [0.05, 0.1) is 23.5 Å². The zero-order valence-corrected chi connectivity index (χ0v) is 13.7. The molecule has 0 unspecified atom stereocenters. The lowest BCUT2D eigenvalue weighted by Crippen LogP contribution is -2.43. The van der Waals surface area contributed by atoms with Crippen LogP contribution in [0.15, 0.2) is 36.4 Å². The average Bonchev–Trinajstić information content (AvgIpc) is 2.56. The Kier molecular flexibility index (Phi) is 5.39. The smallest absolute Gasteiger partial charge is 0.338 e. The van der Waals surface area contributed by atoms with E-state index in [0.717, 1.165) is 0 Å². The fraction of sp³-hybridized carbons (Fsp3) is 0.389. The normalized spacial score (nSPS) is 22.7. The van der Waals surface area contributed by atoms with E-state index in [0.29, 0.717) is 30.7 Å². The van der Waals surface area contributed by atoms with Crippen molar-refractivity contribution in [1.29, 1.82) is 0 Å². The van der Waals surface area contributed by atoms with E-state index < -0.39 is 23.3 Å². The molecule has 2 N–H and O–H groups in total. The molecule has 0 saturated carbocycles. The molecule has 0 radical (unpaired) electrons. The molecule has 1 aliphatic carbocycles. The van der Waals surface area contributed by atoms with Crippen molar-refractivity contribution in [2.24, 2.45) is 11.3 Å². The molecule has 0 saturated heterocycles. The molecule has 2 atom stereocenters. The second kappa shape index (κ2) is 7.29. The molecule has 2 rings (SSSR count). The number of anilines is 1. The molecule has 0 heterocycles. The minimum Gasteiger partial charge on any atom is -0.481 e. The van der Waals surface area contributed by atoms with Crippen LogP contribution in [0.2, 0.25) is 0 Å². The number of amides is 1. The number of carbonyl (C=O) groups is 3. The maximum Gasteiger partial charge on any atom is 0.338 e. The van der Waals surface area contributed by atoms with Crippen LogP contribution in [0.4, 0.5) is 5.69 Å². The number of benzene rings is 1. The summed E-state index contributed by atoms with van der Waals surface area (Å²) in [5.41, 5.74) is -0.217. The number of ether oxygens (including phenoxy) is 1. The summed E-state index contributed by atoms with van der Waals surface area (Å²) < 4.78 is 4.90. The number of allylic oxidation sites excluding steroid dienone is 2. The predicted molar refractivity (Wildman–Crippen MR) is 88.6 cm³/mol. The third-order valence-corrected chi connectivity index (χ3v) is 4.32. The Hall–Kier alpha value is -2.63. The van der Waals surface area contributed by atoms with Gasteiger partial charge in [0.25, 0.3) is 0 Å². The van der Waals surface area contributed by atoms with E-state index in [1.165, 1.54) is 0 Å². The summed E-state index contributed by atoms with van der Waals surface area (Å²) in [5.74, 6) is -2.39. The number of aliphatic carboxylic acids is 1. The van der Waals surface area contributed by atoms with E-state index in [1.807, 2.05) is 6.08 Å². The van der Waals surface area contributed by atoms with E-state index in [4.69, 9.17) is 4.74 Å². The van der Waals surface area contributed by atoms with Crippen LogP contribution >= 0.6 is 0 Å². The number of nitrogens with one attached hydrogen (secondary N) is 1. The van der Waals surface area contributed by atoms with Crippen LogP contribution in [0.3, 0.4) is 0 Å². The lowest BCUT2D eigenvalue weighted by atomic mass is 9.69. The summed E-state index contributed by atoms with van der Waals surface area (Å²) in [4.78, 5) is 35.7. The van der Waals surface area contributed by atoms with Crippen LogP contribution in [-0.4, -0.2) is 29.6 Å². The topological polar surface area (TPSA) is 92.7 Å². The number of hydrogen-bond acceptors (Lipinski definition) is 4. The summed E-state index contributed by atoms with van der Waals surface area (Å²) in [6.45, 7) is 3.61. The van der Waals surface area contributed by atoms with Crippen LogP contribution in [0.5, 0.6) is 0 Å². The molecule has 0 spiro atoms. The Balaban J connectivity index is 2.10. The Morgan fingerprint density at radius 2 is 1.92 bits per heavy atom. The van der Waals surface area contributed by atoms with E-state index in [-0.39, 0.29) is 5.91 Å². The van der Waals surface area contributed by atoms with Crippen LogP contribution in [-0.2, 0) is 14.3 Å². The van der Waals surface area contributed by atoms with Crippen molar-refractivity contribution in [2.45, 2.75) is 26.7 Å². The highest BCUT2D eigenvalue weighted by Gasteiger charge is 2.45. The van der Waals surface area contributed by atoms with Crippen molar-refractivity contribution < 1.29 is 24.2 Å². The molecule has 1 amide bonds. The highest BCUT2D eigenvalue weighted by Crippen LogP contribution is 2.38. The number of esters is 1. The first kappa shape index (κ1) is 17.7. The molecule has 0 fully saturated rings. The molecular weight excluding hydrogens is 310 g/mol. The van der Waals surface area contributed by atoms with E-state index >= 15 is 0 Å². The number of carboxylic acid groups (broad SMARTS) is 1. The zero-order chi connectivity index (χ0) is 17.7. The van der Waals surface area contributed by atoms with Gasteiger partial charge >= 0.3 is 11.9 Å². The van der Waals surface area contributed by atoms with Crippen molar-refractivity contribution in [3.63, 3.8) is 0 Å². The molecule has 1 aromatic rings. The lowest BCUT2D eigenvalue weighted by Gasteiger charge is -2.34. The Labute approximate surface area is 140 Å². The summed E-state index contributed by atoms with van der Waals surface area (Å²) in [6.07, 6.45) is 4.34. The number of carboxylic acids is 1. The Morgan fingerprint density at radius 3 is 2.50 bits per heavy atom. The molecule has 0 aromatic heterocycles. The van der Waals surface area contributed by atoms with Gasteiger partial charge in [0.15, 0.2) is 0 Å². The number of carbonyl (C=O) groups excluding carboxylic acids is 2. The van der Waals surface area contributed by atoms with Crippen LogP contribution < -0.4 is 5.32 Å². The molecule has 1 aromatic carbocycles. The maximum absolute atomic E-state index is 12.5. The van der Waals surface area contributed by atoms with Gasteiger partial charge in [-0.05, 0) is 51.0 Å². The van der Waals surface area contributed by atoms with E-state index in [2.05, 4.69) is 5.32 Å². The quantitative estimate of drug-likeness (QED) is 0.639. The first-order valence-electron chi connectivity index (χ1n) is 7.85. The maximum atomic E-state index is 12.5. The lowest BCUT2D eigenvalue weighted by molar-refractivity contribution is -0.154. The fourth-order valence-corrected chi connectivity index (χ4v) is 2.73. The molecule has 1 aliphatic rings. The van der Waals surface area contributed by atoms with Crippen molar-refractivity contribution in [3.8, 4) is 0 Å². The summed E-state index contributed by atoms with van der Waals surface area (Å²) >= 11 is 0. The highest BCUT2D eigenvalue weighted by molar-refractivity contribution is 5.97. The Morgan fingerprint density at radius 1 is 1.25 bits per heavy atom. The third kappa shape index (κ3) is 3.64. The van der Waals surface area contributed by atoms with Crippen LogP contribution in [0.1, 0.15) is 37.0 Å². The molecule has 6 nitrogen and oxygen atoms in total. The Bertz CT molecular complexity index is 664.